The first kappa shape index (κ1) is 31.6. The van der Waals surface area contributed by atoms with Gasteiger partial charge in [-0.25, -0.2) is 0 Å². The highest BCUT2D eigenvalue weighted by atomic mass is 15.1. The van der Waals surface area contributed by atoms with Gasteiger partial charge in [0, 0.05) is 33.8 Å². The maximum absolute atomic E-state index is 2.62. The number of hydrogen-bond donors (Lipinski definition) is 0. The van der Waals surface area contributed by atoms with Gasteiger partial charge in [0.15, 0.2) is 0 Å². The van der Waals surface area contributed by atoms with E-state index >= 15 is 0 Å². The van der Waals surface area contributed by atoms with Crippen molar-refractivity contribution >= 4 is 32.9 Å². The molecule has 0 bridgehead atoms. The number of fused-ring (bicyclic) bond motifs is 9. The fraction of sp³-hybridized carbons (Fsp3) is 0.170. The normalized spacial score (nSPS) is 15.8. The average molecular weight is 694 g/mol. The highest BCUT2D eigenvalue weighted by Gasteiger charge is 2.38. The minimum absolute atomic E-state index is 0.0558. The Morgan fingerprint density at radius 1 is 0.426 bits per heavy atom. The van der Waals surface area contributed by atoms with E-state index < -0.39 is 0 Å². The number of hydrogen-bond acceptors (Lipinski definition) is 1. The minimum atomic E-state index is -0.0784. The van der Waals surface area contributed by atoms with Gasteiger partial charge in [-0.15, -0.1) is 0 Å². The van der Waals surface area contributed by atoms with Crippen LogP contribution in [0.4, 0.5) is 11.4 Å². The lowest BCUT2D eigenvalue weighted by Gasteiger charge is -2.34. The molecule has 3 aliphatic rings. The van der Waals surface area contributed by atoms with E-state index in [-0.39, 0.29) is 10.8 Å². The maximum Gasteiger partial charge on any atom is 0.0570 e. The zero-order chi connectivity index (χ0) is 36.3. The van der Waals surface area contributed by atoms with Crippen molar-refractivity contribution in [1.29, 1.82) is 0 Å². The summed E-state index contributed by atoms with van der Waals surface area (Å²) in [6.45, 7) is 10.5. The summed E-state index contributed by atoms with van der Waals surface area (Å²) < 4.78 is 0. The summed E-state index contributed by atoms with van der Waals surface area (Å²) in [5.74, 6) is 0. The van der Waals surface area contributed by atoms with Crippen LogP contribution in [0, 0.1) is 0 Å². The molecule has 8 aromatic rings. The highest BCUT2D eigenvalue weighted by molar-refractivity contribution is 6.23. The highest BCUT2D eigenvalue weighted by Crippen LogP contribution is 2.56. The molecule has 1 aliphatic heterocycles. The van der Waals surface area contributed by atoms with Crippen LogP contribution in [0.2, 0.25) is 0 Å². The molecule has 2 aliphatic carbocycles. The van der Waals surface area contributed by atoms with Crippen molar-refractivity contribution in [3.8, 4) is 44.5 Å². The quantitative estimate of drug-likeness (QED) is 0.167. The molecule has 0 N–H and O–H groups in total. The van der Waals surface area contributed by atoms with E-state index in [4.69, 9.17) is 0 Å². The summed E-state index contributed by atoms with van der Waals surface area (Å²) in [4.78, 5) is 2.62. The summed E-state index contributed by atoms with van der Waals surface area (Å²) >= 11 is 0. The van der Waals surface area contributed by atoms with Gasteiger partial charge in [-0.1, -0.05) is 161 Å². The first-order chi connectivity index (χ1) is 26.3. The summed E-state index contributed by atoms with van der Waals surface area (Å²) in [6.07, 6.45) is 2.26. The SMILES string of the molecule is CC1(C)c2ccccc2-c2ccc(-c3ccc4c(N5CCCc6ccccc65)c5ccccc5c(-c5cccc6c5-c5ccccc5C6(C)C)c4c3)cc21. The molecule has 0 amide bonds. The topological polar surface area (TPSA) is 3.24 Å². The Morgan fingerprint density at radius 3 is 1.87 bits per heavy atom. The van der Waals surface area contributed by atoms with Gasteiger partial charge >= 0.3 is 0 Å². The Labute approximate surface area is 318 Å². The number of nitrogens with zero attached hydrogens (tertiary/aromatic N) is 1. The third-order valence-electron chi connectivity index (χ3n) is 13.2. The first-order valence-corrected chi connectivity index (χ1v) is 19.6. The predicted molar refractivity (Wildman–Crippen MR) is 229 cm³/mol. The van der Waals surface area contributed by atoms with E-state index in [9.17, 15) is 0 Å². The zero-order valence-corrected chi connectivity index (χ0v) is 31.5. The zero-order valence-electron chi connectivity index (χ0n) is 31.5. The summed E-state index contributed by atoms with van der Waals surface area (Å²) in [5, 5.41) is 5.23. The van der Waals surface area contributed by atoms with Crippen LogP contribution in [0.15, 0.2) is 152 Å². The van der Waals surface area contributed by atoms with Crippen LogP contribution in [0.3, 0.4) is 0 Å². The van der Waals surface area contributed by atoms with Gasteiger partial charge in [0.1, 0.15) is 0 Å². The lowest BCUT2D eigenvalue weighted by Crippen LogP contribution is -2.25. The van der Waals surface area contributed by atoms with Crippen LogP contribution >= 0.6 is 0 Å². The number of aryl methyl sites for hydroxylation is 1. The molecule has 54 heavy (non-hydrogen) atoms. The molecule has 0 fully saturated rings. The van der Waals surface area contributed by atoms with Crippen LogP contribution in [0.1, 0.15) is 61.9 Å². The van der Waals surface area contributed by atoms with Crippen molar-refractivity contribution in [2.45, 2.75) is 51.4 Å². The van der Waals surface area contributed by atoms with Gasteiger partial charge < -0.3 is 4.90 Å². The molecule has 0 spiro atoms. The summed E-state index contributed by atoms with van der Waals surface area (Å²) in [5.41, 5.74) is 20.2. The first-order valence-electron chi connectivity index (χ1n) is 19.6. The smallest absolute Gasteiger partial charge is 0.0570 e. The Kier molecular flexibility index (Phi) is 6.61. The molecule has 0 aromatic heterocycles. The van der Waals surface area contributed by atoms with E-state index in [0.29, 0.717) is 0 Å². The molecule has 260 valence electrons. The van der Waals surface area contributed by atoms with Crippen LogP contribution in [0.25, 0.3) is 66.1 Å². The molecular weight excluding hydrogens is 651 g/mol. The second-order valence-electron chi connectivity index (χ2n) is 16.7. The fourth-order valence-corrected chi connectivity index (χ4v) is 10.5. The van der Waals surface area contributed by atoms with Crippen LogP contribution in [-0.2, 0) is 17.3 Å². The molecule has 1 nitrogen and oxygen atoms in total. The third-order valence-corrected chi connectivity index (χ3v) is 13.2. The van der Waals surface area contributed by atoms with Gasteiger partial charge in [0.25, 0.3) is 0 Å². The van der Waals surface area contributed by atoms with Crippen molar-refractivity contribution in [1.82, 2.24) is 0 Å². The standard InChI is InChI=1S/C53H43N/c1-52(2)45-23-11-9-20-41(45)50-42(21-13-24-46(50)52)49-38-18-6-7-19-39(38)51(54-30-14-16-33-15-5-12-25-48(33)54)40-29-27-34(31-43(40)49)35-26-28-37-36-17-8-10-22-44(36)53(3,4)47(37)32-35/h5-13,15,17-29,31-32H,14,16,30H2,1-4H3. The number of anilines is 2. The Morgan fingerprint density at radius 2 is 1.02 bits per heavy atom. The van der Waals surface area contributed by atoms with Crippen LogP contribution < -0.4 is 4.90 Å². The third kappa shape index (κ3) is 4.27. The van der Waals surface area contributed by atoms with Gasteiger partial charge in [0.05, 0.1) is 5.69 Å². The van der Waals surface area contributed by atoms with E-state index in [0.717, 1.165) is 19.4 Å². The lowest BCUT2D eigenvalue weighted by atomic mass is 9.80. The van der Waals surface area contributed by atoms with Crippen molar-refractivity contribution in [2.75, 3.05) is 11.4 Å². The molecule has 1 heterocycles. The lowest BCUT2D eigenvalue weighted by molar-refractivity contribution is 0.660. The molecule has 0 atom stereocenters. The molecule has 11 rings (SSSR count). The van der Waals surface area contributed by atoms with Crippen LogP contribution in [-0.4, -0.2) is 6.54 Å². The van der Waals surface area contributed by atoms with Crippen molar-refractivity contribution in [3.63, 3.8) is 0 Å². The molecule has 0 saturated heterocycles. The fourth-order valence-electron chi connectivity index (χ4n) is 10.5. The van der Waals surface area contributed by atoms with Gasteiger partial charge in [-0.2, -0.15) is 0 Å². The van der Waals surface area contributed by atoms with Crippen molar-refractivity contribution in [2.24, 2.45) is 0 Å². The average Bonchev–Trinajstić information content (AvgIpc) is 3.59. The number of rotatable bonds is 3. The minimum Gasteiger partial charge on any atom is -0.340 e. The van der Waals surface area contributed by atoms with Gasteiger partial charge in [0.2, 0.25) is 0 Å². The Hall–Kier alpha value is -5.92. The van der Waals surface area contributed by atoms with E-state index in [1.807, 2.05) is 0 Å². The van der Waals surface area contributed by atoms with Gasteiger partial charge in [-0.05, 0) is 114 Å². The summed E-state index contributed by atoms with van der Waals surface area (Å²) in [6, 6.07) is 57.8. The Balaban J connectivity index is 1.23. The molecule has 0 unspecified atom stereocenters. The van der Waals surface area contributed by atoms with Gasteiger partial charge in [-0.3, -0.25) is 0 Å². The molecular formula is C53H43N. The number of para-hydroxylation sites is 1. The van der Waals surface area contributed by atoms with Crippen molar-refractivity contribution in [3.05, 3.63) is 179 Å². The monoisotopic (exact) mass is 693 g/mol. The second kappa shape index (κ2) is 11.3. The predicted octanol–water partition coefficient (Wildman–Crippen LogP) is 14.0. The second-order valence-corrected chi connectivity index (χ2v) is 16.7. The summed E-state index contributed by atoms with van der Waals surface area (Å²) in [7, 11) is 0. The largest absolute Gasteiger partial charge is 0.340 e. The van der Waals surface area contributed by atoms with Crippen molar-refractivity contribution < 1.29 is 0 Å². The molecule has 0 saturated carbocycles. The maximum atomic E-state index is 2.62. The van der Waals surface area contributed by atoms with Crippen LogP contribution in [0.5, 0.6) is 0 Å². The van der Waals surface area contributed by atoms with E-state index in [1.165, 1.54) is 105 Å². The van der Waals surface area contributed by atoms with E-state index in [2.05, 4.69) is 184 Å². The molecule has 0 radical (unpaired) electrons. The molecule has 8 aromatic carbocycles. The molecule has 1 heteroatoms. The Bertz CT molecular complexity index is 2870. The number of benzene rings is 8. The van der Waals surface area contributed by atoms with E-state index in [1.54, 1.807) is 0 Å².